The highest BCUT2D eigenvalue weighted by atomic mass is 16.5. The molecule has 1 rings (SSSR count). The Balaban J connectivity index is 2.70. The van der Waals surface area contributed by atoms with Crippen LogP contribution in [0.25, 0.3) is 0 Å². The largest absolute Gasteiger partial charge is 0.497 e. The summed E-state index contributed by atoms with van der Waals surface area (Å²) in [5, 5.41) is 5.27. The van der Waals surface area contributed by atoms with Gasteiger partial charge in [-0.3, -0.25) is 4.79 Å². The zero-order chi connectivity index (χ0) is 23.2. The average Bonchev–Trinajstić information content (AvgIpc) is 2.76. The van der Waals surface area contributed by atoms with E-state index in [4.69, 9.17) is 18.9 Å². The minimum Gasteiger partial charge on any atom is -0.497 e. The molecule has 1 aromatic rings. The third kappa shape index (κ3) is 10.2. The molecular formula is C22H34N2O7. The predicted octanol–water partition coefficient (Wildman–Crippen LogP) is 2.42. The Hall–Kier alpha value is -2.81. The van der Waals surface area contributed by atoms with Gasteiger partial charge in [-0.15, -0.1) is 0 Å². The third-order valence-electron chi connectivity index (χ3n) is 4.49. The molecule has 2 N–H and O–H groups in total. The van der Waals surface area contributed by atoms with Gasteiger partial charge < -0.3 is 29.6 Å². The molecule has 0 aliphatic carbocycles. The van der Waals surface area contributed by atoms with Gasteiger partial charge in [-0.1, -0.05) is 26.0 Å². The molecule has 9 heteroatoms. The number of ether oxygens (including phenoxy) is 4. The number of nitrogens with one attached hydrogen (secondary N) is 2. The summed E-state index contributed by atoms with van der Waals surface area (Å²) >= 11 is 0. The van der Waals surface area contributed by atoms with Crippen LogP contribution in [0.15, 0.2) is 24.3 Å². The summed E-state index contributed by atoms with van der Waals surface area (Å²) in [6, 6.07) is 5.43. The molecule has 0 saturated heterocycles. The van der Waals surface area contributed by atoms with Crippen LogP contribution in [0.4, 0.5) is 4.79 Å². The fourth-order valence-electron chi connectivity index (χ4n) is 2.85. The fraction of sp³-hybridized carbons (Fsp3) is 0.591. The van der Waals surface area contributed by atoms with E-state index in [-0.39, 0.29) is 12.5 Å². The Kier molecular flexibility index (Phi) is 12.0. The van der Waals surface area contributed by atoms with E-state index < -0.39 is 30.1 Å². The maximum atomic E-state index is 12.8. The van der Waals surface area contributed by atoms with Crippen molar-refractivity contribution in [3.05, 3.63) is 29.8 Å². The van der Waals surface area contributed by atoms with Crippen LogP contribution in [-0.2, 0) is 30.4 Å². The van der Waals surface area contributed by atoms with E-state index in [1.165, 1.54) is 7.11 Å². The molecule has 0 heterocycles. The first-order chi connectivity index (χ1) is 14.8. The van der Waals surface area contributed by atoms with Gasteiger partial charge in [0.2, 0.25) is 5.91 Å². The highest BCUT2D eigenvalue weighted by Gasteiger charge is 2.28. The van der Waals surface area contributed by atoms with E-state index in [0.29, 0.717) is 31.6 Å². The molecule has 2 atom stereocenters. The van der Waals surface area contributed by atoms with Crippen molar-refractivity contribution in [3.63, 3.8) is 0 Å². The van der Waals surface area contributed by atoms with Gasteiger partial charge in [0.1, 0.15) is 24.4 Å². The minimum absolute atomic E-state index is 0.0493. The molecule has 0 fully saturated rings. The van der Waals surface area contributed by atoms with Crippen molar-refractivity contribution in [1.82, 2.24) is 10.6 Å². The van der Waals surface area contributed by atoms with Crippen molar-refractivity contribution in [2.45, 2.75) is 51.8 Å². The van der Waals surface area contributed by atoms with Crippen LogP contribution in [0.5, 0.6) is 5.75 Å². The maximum Gasteiger partial charge on any atom is 0.408 e. The molecule has 0 aliphatic heterocycles. The van der Waals surface area contributed by atoms with Crippen LogP contribution in [0, 0.1) is 5.92 Å². The third-order valence-corrected chi connectivity index (χ3v) is 4.49. The molecule has 0 radical (unpaired) electrons. The van der Waals surface area contributed by atoms with Crippen molar-refractivity contribution in [2.75, 3.05) is 27.9 Å². The first-order valence-corrected chi connectivity index (χ1v) is 10.2. The number of esters is 1. The molecule has 31 heavy (non-hydrogen) atoms. The maximum absolute atomic E-state index is 12.8. The lowest BCUT2D eigenvalue weighted by molar-refractivity contribution is -0.145. The Bertz CT molecular complexity index is 692. The van der Waals surface area contributed by atoms with Gasteiger partial charge in [-0.25, -0.2) is 9.59 Å². The molecule has 0 aliphatic rings. The normalized spacial score (nSPS) is 12.6. The highest BCUT2D eigenvalue weighted by Crippen LogP contribution is 2.12. The number of carbonyl (C=O) groups excluding carboxylic acids is 3. The monoisotopic (exact) mass is 438 g/mol. The molecule has 0 unspecified atom stereocenters. The standard InChI is InChI=1S/C22H34N2O7/c1-15(2)13-19(20(25)23-18(21(26)30-5)7-6-12-28-3)24-22(27)31-14-16-8-10-17(29-4)11-9-16/h8-11,15,18-19H,6-7,12-14H2,1-5H3,(H,23,25)(H,24,27)/t18-,19-/m0/s1. The van der Waals surface area contributed by atoms with Gasteiger partial charge >= 0.3 is 12.1 Å². The lowest BCUT2D eigenvalue weighted by atomic mass is 10.0. The number of methoxy groups -OCH3 is 3. The van der Waals surface area contributed by atoms with Crippen LogP contribution in [0.1, 0.15) is 38.7 Å². The molecule has 0 spiro atoms. The van der Waals surface area contributed by atoms with Crippen LogP contribution < -0.4 is 15.4 Å². The molecule has 2 amide bonds. The second-order valence-corrected chi connectivity index (χ2v) is 7.47. The lowest BCUT2D eigenvalue weighted by Gasteiger charge is -2.23. The van der Waals surface area contributed by atoms with Crippen LogP contribution in [-0.4, -0.2) is 58.0 Å². The Morgan fingerprint density at radius 2 is 1.65 bits per heavy atom. The van der Waals surface area contributed by atoms with E-state index in [0.717, 1.165) is 5.56 Å². The summed E-state index contributed by atoms with van der Waals surface area (Å²) in [5.74, 6) is -0.187. The predicted molar refractivity (Wildman–Crippen MR) is 115 cm³/mol. The van der Waals surface area contributed by atoms with Gasteiger partial charge in [0.15, 0.2) is 0 Å². The van der Waals surface area contributed by atoms with Crippen LogP contribution in [0.2, 0.25) is 0 Å². The van der Waals surface area contributed by atoms with E-state index in [1.54, 1.807) is 38.5 Å². The number of rotatable bonds is 13. The molecule has 174 valence electrons. The van der Waals surface area contributed by atoms with E-state index in [2.05, 4.69) is 10.6 Å². The minimum atomic E-state index is -0.849. The highest BCUT2D eigenvalue weighted by molar-refractivity contribution is 5.89. The zero-order valence-electron chi connectivity index (χ0n) is 18.9. The van der Waals surface area contributed by atoms with Crippen molar-refractivity contribution < 1.29 is 33.3 Å². The molecule has 0 aromatic heterocycles. The number of amides is 2. The van der Waals surface area contributed by atoms with Crippen molar-refractivity contribution in [1.29, 1.82) is 0 Å². The average molecular weight is 439 g/mol. The molecule has 9 nitrogen and oxygen atoms in total. The summed E-state index contributed by atoms with van der Waals surface area (Å²) in [6.45, 7) is 4.37. The molecular weight excluding hydrogens is 404 g/mol. The number of hydrogen-bond donors (Lipinski definition) is 2. The van der Waals surface area contributed by atoms with Crippen molar-refractivity contribution >= 4 is 18.0 Å². The summed E-state index contributed by atoms with van der Waals surface area (Å²) < 4.78 is 20.1. The summed E-state index contributed by atoms with van der Waals surface area (Å²) in [5.41, 5.74) is 0.782. The molecule has 0 bridgehead atoms. The van der Waals surface area contributed by atoms with Crippen LogP contribution in [0.3, 0.4) is 0 Å². The van der Waals surface area contributed by atoms with Gasteiger partial charge in [-0.2, -0.15) is 0 Å². The Morgan fingerprint density at radius 3 is 2.19 bits per heavy atom. The number of hydrogen-bond acceptors (Lipinski definition) is 7. The lowest BCUT2D eigenvalue weighted by Crippen LogP contribution is -2.52. The van der Waals surface area contributed by atoms with E-state index >= 15 is 0 Å². The quantitative estimate of drug-likeness (QED) is 0.359. The SMILES string of the molecule is COCCC[C@H](NC(=O)[C@H](CC(C)C)NC(=O)OCc1ccc(OC)cc1)C(=O)OC. The van der Waals surface area contributed by atoms with Gasteiger partial charge in [0.25, 0.3) is 0 Å². The van der Waals surface area contributed by atoms with Crippen LogP contribution >= 0.6 is 0 Å². The smallest absolute Gasteiger partial charge is 0.408 e. The van der Waals surface area contributed by atoms with Crippen molar-refractivity contribution in [2.24, 2.45) is 5.92 Å². The van der Waals surface area contributed by atoms with Gasteiger partial charge in [-0.05, 0) is 42.9 Å². The second-order valence-electron chi connectivity index (χ2n) is 7.47. The first kappa shape index (κ1) is 26.2. The fourth-order valence-corrected chi connectivity index (χ4v) is 2.85. The van der Waals surface area contributed by atoms with Gasteiger partial charge in [0.05, 0.1) is 14.2 Å². The number of alkyl carbamates (subject to hydrolysis) is 1. The second kappa shape index (κ2) is 14.2. The molecule has 0 saturated carbocycles. The zero-order valence-corrected chi connectivity index (χ0v) is 18.9. The van der Waals surface area contributed by atoms with E-state index in [1.807, 2.05) is 13.8 Å². The number of benzene rings is 1. The Morgan fingerprint density at radius 1 is 0.968 bits per heavy atom. The molecule has 1 aromatic carbocycles. The van der Waals surface area contributed by atoms with Gasteiger partial charge in [0, 0.05) is 13.7 Å². The summed E-state index contributed by atoms with van der Waals surface area (Å²) in [4.78, 5) is 37.1. The van der Waals surface area contributed by atoms with Crippen molar-refractivity contribution in [3.8, 4) is 5.75 Å². The summed E-state index contributed by atoms with van der Waals surface area (Å²) in [7, 11) is 4.39. The first-order valence-electron chi connectivity index (χ1n) is 10.2. The Labute approximate surface area is 183 Å². The van der Waals surface area contributed by atoms with E-state index in [9.17, 15) is 14.4 Å². The summed E-state index contributed by atoms with van der Waals surface area (Å²) in [6.07, 6.45) is 0.603. The number of carbonyl (C=O) groups is 3. The topological polar surface area (TPSA) is 112 Å².